The van der Waals surface area contributed by atoms with Crippen molar-refractivity contribution in [1.82, 2.24) is 9.88 Å². The Kier molecular flexibility index (Phi) is 9.71. The van der Waals surface area contributed by atoms with Crippen molar-refractivity contribution in [1.29, 1.82) is 0 Å². The number of carbonyl (C=O) groups excluding carboxylic acids is 2. The fraction of sp³-hybridized carbons (Fsp3) is 0.560. The van der Waals surface area contributed by atoms with E-state index in [1.54, 1.807) is 11.1 Å². The summed E-state index contributed by atoms with van der Waals surface area (Å²) in [7, 11) is -1.95. The van der Waals surface area contributed by atoms with Crippen molar-refractivity contribution in [3.8, 4) is 0 Å². The molecule has 1 heterocycles. The van der Waals surface area contributed by atoms with Gasteiger partial charge < -0.3 is 19.4 Å². The number of halogens is 1. The first-order valence-electron chi connectivity index (χ1n) is 11.6. The first-order chi connectivity index (χ1) is 16.0. The predicted octanol–water partition coefficient (Wildman–Crippen LogP) is 7.23. The van der Waals surface area contributed by atoms with Crippen LogP contribution in [0.3, 0.4) is 0 Å². The molecule has 35 heavy (non-hydrogen) atoms. The maximum atomic E-state index is 12.9. The van der Waals surface area contributed by atoms with E-state index in [0.717, 1.165) is 20.6 Å². The molecule has 0 aliphatic carbocycles. The third-order valence-corrected chi connectivity index (χ3v) is 12.3. The predicted molar refractivity (Wildman–Crippen MR) is 149 cm³/mol. The van der Waals surface area contributed by atoms with Crippen LogP contribution in [0.5, 0.6) is 0 Å². The normalized spacial score (nSPS) is 12.4. The lowest BCUT2D eigenvalue weighted by Crippen LogP contribution is -2.44. The Hall–Kier alpha value is -1.75. The highest BCUT2D eigenvalue weighted by molar-refractivity contribution is 9.10. The number of nitrogens with one attached hydrogen (secondary N) is 1. The zero-order valence-corrected chi connectivity index (χ0v) is 25.6. The van der Waals surface area contributed by atoms with Gasteiger partial charge in [0, 0.05) is 27.8 Å². The molecule has 0 bridgehead atoms. The molecule has 0 atom stereocenters. The van der Waals surface area contributed by atoms with Crippen molar-refractivity contribution >= 4 is 53.3 Å². The van der Waals surface area contributed by atoms with E-state index < -0.39 is 20.0 Å². The van der Waals surface area contributed by atoms with E-state index in [0.29, 0.717) is 18.2 Å². The van der Waals surface area contributed by atoms with E-state index in [1.807, 2.05) is 45.9 Å². The van der Waals surface area contributed by atoms with Crippen LogP contribution in [0.25, 0.3) is 0 Å². The molecule has 0 unspecified atom stereocenters. The first kappa shape index (κ1) is 29.5. The smallest absolute Gasteiger partial charge is 0.410 e. The quantitative estimate of drug-likeness (QED) is 0.331. The molecule has 194 valence electrons. The number of ether oxygens (including phenoxy) is 1. The number of carbonyl (C=O) groups is 2. The zero-order valence-electron chi connectivity index (χ0n) is 22.2. The minimum atomic E-state index is -1.95. The SMILES string of the molecule is Cc1c(Br)cccc1NC(=O)c1ncc(CN(CCO[Si](C)(C)C(C)(C)C)C(=O)OC(C)(C)C)s1. The number of rotatable bonds is 8. The van der Waals surface area contributed by atoms with Crippen LogP contribution in [0, 0.1) is 6.92 Å². The standard InChI is InChI=1S/C25H38BrN3O4SSi/c1-17-19(26)11-10-12-20(17)28-21(30)22-27-15-18(34-22)16-29(23(31)33-24(2,3)4)13-14-32-35(8,9)25(5,6)7/h10-12,15H,13-14,16H2,1-9H3,(H,28,30). The molecule has 1 N–H and O–H groups in total. The van der Waals surface area contributed by atoms with Crippen molar-refractivity contribution in [2.45, 2.75) is 78.7 Å². The van der Waals surface area contributed by atoms with Crippen molar-refractivity contribution in [2.75, 3.05) is 18.5 Å². The zero-order chi connectivity index (χ0) is 26.6. The summed E-state index contributed by atoms with van der Waals surface area (Å²) in [5, 5.41) is 3.33. The van der Waals surface area contributed by atoms with Gasteiger partial charge in [0.2, 0.25) is 0 Å². The molecule has 0 aliphatic heterocycles. The van der Waals surface area contributed by atoms with Crippen molar-refractivity contribution in [3.63, 3.8) is 0 Å². The number of aromatic nitrogens is 1. The number of nitrogens with zero attached hydrogens (tertiary/aromatic N) is 2. The summed E-state index contributed by atoms with van der Waals surface area (Å²) in [4.78, 5) is 32.4. The van der Waals surface area contributed by atoms with Gasteiger partial charge in [0.1, 0.15) is 5.60 Å². The average molecular weight is 585 g/mol. The van der Waals surface area contributed by atoms with Gasteiger partial charge in [-0.1, -0.05) is 42.8 Å². The summed E-state index contributed by atoms with van der Waals surface area (Å²) >= 11 is 4.74. The molecule has 0 radical (unpaired) electrons. The third-order valence-electron chi connectivity index (χ3n) is 5.89. The van der Waals surface area contributed by atoms with Gasteiger partial charge in [0.25, 0.3) is 5.91 Å². The Morgan fingerprint density at radius 3 is 2.43 bits per heavy atom. The van der Waals surface area contributed by atoms with Crippen LogP contribution in [-0.4, -0.2) is 49.0 Å². The highest BCUT2D eigenvalue weighted by Crippen LogP contribution is 2.36. The van der Waals surface area contributed by atoms with Gasteiger partial charge in [-0.3, -0.25) is 4.79 Å². The van der Waals surface area contributed by atoms with E-state index in [4.69, 9.17) is 9.16 Å². The van der Waals surface area contributed by atoms with Crippen LogP contribution < -0.4 is 5.32 Å². The third kappa shape index (κ3) is 8.70. The molecule has 0 saturated carbocycles. The molecule has 2 amide bonds. The summed E-state index contributed by atoms with van der Waals surface area (Å²) in [5.74, 6) is -0.285. The molecule has 1 aromatic heterocycles. The van der Waals surface area contributed by atoms with E-state index in [-0.39, 0.29) is 17.5 Å². The summed E-state index contributed by atoms with van der Waals surface area (Å²) < 4.78 is 12.8. The van der Waals surface area contributed by atoms with E-state index in [9.17, 15) is 9.59 Å². The van der Waals surface area contributed by atoms with Gasteiger partial charge in [0.05, 0.1) is 13.2 Å². The monoisotopic (exact) mass is 583 g/mol. The fourth-order valence-corrected chi connectivity index (χ4v) is 5.01. The maximum Gasteiger partial charge on any atom is 0.410 e. The van der Waals surface area contributed by atoms with Crippen LogP contribution in [0.1, 0.15) is 61.8 Å². The van der Waals surface area contributed by atoms with Crippen LogP contribution >= 0.6 is 27.3 Å². The second-order valence-electron chi connectivity index (χ2n) is 11.0. The Morgan fingerprint density at radius 2 is 1.83 bits per heavy atom. The van der Waals surface area contributed by atoms with Gasteiger partial charge in [0.15, 0.2) is 13.3 Å². The lowest BCUT2D eigenvalue weighted by Gasteiger charge is -2.37. The largest absolute Gasteiger partial charge is 0.444 e. The Labute approximate surface area is 222 Å². The topological polar surface area (TPSA) is 80.8 Å². The molecule has 2 aromatic rings. The highest BCUT2D eigenvalue weighted by atomic mass is 79.9. The summed E-state index contributed by atoms with van der Waals surface area (Å²) in [6.07, 6.45) is 1.22. The average Bonchev–Trinajstić information content (AvgIpc) is 3.17. The molecule has 10 heteroatoms. The number of thiazole rings is 1. The Balaban J connectivity index is 2.12. The number of amides is 2. The second-order valence-corrected chi connectivity index (χ2v) is 17.8. The van der Waals surface area contributed by atoms with E-state index in [1.165, 1.54) is 11.3 Å². The number of hydrogen-bond acceptors (Lipinski definition) is 6. The number of benzene rings is 1. The maximum absolute atomic E-state index is 12.9. The van der Waals surface area contributed by atoms with E-state index >= 15 is 0 Å². The molecule has 0 saturated heterocycles. The fourth-order valence-electron chi connectivity index (χ4n) is 2.78. The molecule has 0 spiro atoms. The van der Waals surface area contributed by atoms with Crippen LogP contribution in [0.2, 0.25) is 18.1 Å². The lowest BCUT2D eigenvalue weighted by molar-refractivity contribution is 0.0207. The first-order valence-corrected chi connectivity index (χ1v) is 16.1. The molecule has 0 fully saturated rings. The summed E-state index contributed by atoms with van der Waals surface area (Å²) in [5.41, 5.74) is 1.05. The highest BCUT2D eigenvalue weighted by Gasteiger charge is 2.37. The minimum absolute atomic E-state index is 0.0797. The Morgan fingerprint density at radius 1 is 1.17 bits per heavy atom. The van der Waals surface area contributed by atoms with Crippen LogP contribution in [0.15, 0.2) is 28.9 Å². The van der Waals surface area contributed by atoms with Crippen molar-refractivity contribution < 1.29 is 18.8 Å². The molecular weight excluding hydrogens is 546 g/mol. The van der Waals surface area contributed by atoms with Gasteiger partial charge in [-0.25, -0.2) is 9.78 Å². The molecular formula is C25H38BrN3O4SSi. The second kappa shape index (κ2) is 11.5. The molecule has 0 aliphatic rings. The van der Waals surface area contributed by atoms with Crippen LogP contribution in [0.4, 0.5) is 10.5 Å². The number of anilines is 1. The van der Waals surface area contributed by atoms with Crippen molar-refractivity contribution in [2.24, 2.45) is 0 Å². The lowest BCUT2D eigenvalue weighted by atomic mass is 10.2. The summed E-state index contributed by atoms with van der Waals surface area (Å²) in [6.45, 7) is 19.5. The number of hydrogen-bond donors (Lipinski definition) is 1. The van der Waals surface area contributed by atoms with Crippen LogP contribution in [-0.2, 0) is 15.7 Å². The molecule has 1 aromatic carbocycles. The molecule has 7 nitrogen and oxygen atoms in total. The van der Waals surface area contributed by atoms with E-state index in [2.05, 4.69) is 60.1 Å². The summed E-state index contributed by atoms with van der Waals surface area (Å²) in [6, 6.07) is 5.64. The molecule has 2 rings (SSSR count). The Bertz CT molecular complexity index is 1040. The van der Waals surface area contributed by atoms with Crippen molar-refractivity contribution in [3.05, 3.63) is 44.3 Å². The van der Waals surface area contributed by atoms with Gasteiger partial charge >= 0.3 is 6.09 Å². The minimum Gasteiger partial charge on any atom is -0.444 e. The van der Waals surface area contributed by atoms with Gasteiger partial charge in [-0.15, -0.1) is 11.3 Å². The van der Waals surface area contributed by atoms with Gasteiger partial charge in [-0.05, 0) is 63.5 Å². The van der Waals surface area contributed by atoms with Gasteiger partial charge in [-0.2, -0.15) is 0 Å².